The van der Waals surface area contributed by atoms with Crippen LogP contribution in [-0.4, -0.2) is 41.6 Å². The van der Waals surface area contributed by atoms with Gasteiger partial charge in [0.2, 0.25) is 11.8 Å². The van der Waals surface area contributed by atoms with Crippen molar-refractivity contribution in [3.05, 3.63) is 29.8 Å². The van der Waals surface area contributed by atoms with Crippen LogP contribution in [0.4, 0.5) is 5.69 Å². The minimum atomic E-state index is -0.122. The van der Waals surface area contributed by atoms with E-state index in [0.29, 0.717) is 13.0 Å². The zero-order valence-corrected chi connectivity index (χ0v) is 12.3. The van der Waals surface area contributed by atoms with Gasteiger partial charge in [-0.3, -0.25) is 9.59 Å². The van der Waals surface area contributed by atoms with Crippen molar-refractivity contribution in [2.75, 3.05) is 30.0 Å². The number of amides is 2. The second-order valence-corrected chi connectivity index (χ2v) is 5.32. The summed E-state index contributed by atoms with van der Waals surface area (Å²) in [5, 5.41) is 14.0. The summed E-state index contributed by atoms with van der Waals surface area (Å²) < 4.78 is 0. The van der Waals surface area contributed by atoms with Crippen LogP contribution in [0.15, 0.2) is 24.3 Å². The molecule has 0 aliphatic carbocycles. The van der Waals surface area contributed by atoms with Gasteiger partial charge in [0.25, 0.3) is 0 Å². The second kappa shape index (κ2) is 9.39. The molecule has 110 valence electrons. The number of aliphatic hydroxyl groups is 1. The fourth-order valence-corrected chi connectivity index (χ4v) is 2.16. The van der Waals surface area contributed by atoms with Gasteiger partial charge in [-0.2, -0.15) is 0 Å². The Hall–Kier alpha value is -1.53. The van der Waals surface area contributed by atoms with E-state index in [1.165, 1.54) is 11.8 Å². The summed E-state index contributed by atoms with van der Waals surface area (Å²) in [5.74, 6) is 0.240. The summed E-state index contributed by atoms with van der Waals surface area (Å²) in [7, 11) is 0. The van der Waals surface area contributed by atoms with Gasteiger partial charge in [0.05, 0.1) is 11.5 Å². The van der Waals surface area contributed by atoms with Gasteiger partial charge in [-0.1, -0.05) is 12.1 Å². The van der Waals surface area contributed by atoms with Gasteiger partial charge in [-0.15, -0.1) is 11.8 Å². The first-order valence-electron chi connectivity index (χ1n) is 6.43. The molecule has 3 N–H and O–H groups in total. The highest BCUT2D eigenvalue weighted by Gasteiger charge is 2.05. The predicted octanol–water partition coefficient (Wildman–Crippen LogP) is 1.17. The molecule has 0 spiro atoms. The summed E-state index contributed by atoms with van der Waals surface area (Å²) in [6, 6.07) is 7.56. The van der Waals surface area contributed by atoms with Crippen molar-refractivity contribution >= 4 is 29.3 Å². The van der Waals surface area contributed by atoms with E-state index in [-0.39, 0.29) is 29.9 Å². The minimum Gasteiger partial charge on any atom is -0.396 e. The normalized spacial score (nSPS) is 10.1. The van der Waals surface area contributed by atoms with Crippen LogP contribution in [0.25, 0.3) is 0 Å². The van der Waals surface area contributed by atoms with Gasteiger partial charge in [0, 0.05) is 18.8 Å². The van der Waals surface area contributed by atoms with E-state index >= 15 is 0 Å². The number of anilines is 1. The molecule has 2 amide bonds. The van der Waals surface area contributed by atoms with Gasteiger partial charge < -0.3 is 15.7 Å². The molecule has 0 heterocycles. The number of carbonyl (C=O) groups is 2. The molecule has 6 heteroatoms. The highest BCUT2D eigenvalue weighted by atomic mass is 32.2. The molecule has 5 nitrogen and oxygen atoms in total. The lowest BCUT2D eigenvalue weighted by Crippen LogP contribution is -2.27. The quantitative estimate of drug-likeness (QED) is 0.629. The molecular formula is C14H20N2O3S. The Kier molecular flexibility index (Phi) is 7.75. The zero-order valence-electron chi connectivity index (χ0n) is 11.5. The molecule has 0 aliphatic heterocycles. The standard InChI is InChI=1S/C14H20N2O3S/c1-11-4-2-5-12(8-11)16-14(19)10-20-9-13(18)15-6-3-7-17/h2,4-5,8,17H,3,6-7,9-10H2,1H3,(H,15,18)(H,16,19). The molecule has 0 aliphatic rings. The maximum Gasteiger partial charge on any atom is 0.234 e. The number of aryl methyl sites for hydroxylation is 1. The number of thioether (sulfide) groups is 1. The lowest BCUT2D eigenvalue weighted by molar-refractivity contribution is -0.118. The Morgan fingerprint density at radius 2 is 2.00 bits per heavy atom. The van der Waals surface area contributed by atoms with Crippen LogP contribution in [0.3, 0.4) is 0 Å². The van der Waals surface area contributed by atoms with Gasteiger partial charge in [0.15, 0.2) is 0 Å². The average Bonchev–Trinajstić information content (AvgIpc) is 2.39. The molecule has 0 saturated carbocycles. The van der Waals surface area contributed by atoms with Gasteiger partial charge >= 0.3 is 0 Å². The first kappa shape index (κ1) is 16.5. The van der Waals surface area contributed by atoms with Crippen LogP contribution >= 0.6 is 11.8 Å². The van der Waals surface area contributed by atoms with Crippen LogP contribution in [0.2, 0.25) is 0 Å². The van der Waals surface area contributed by atoms with E-state index in [1.54, 1.807) is 0 Å². The van der Waals surface area contributed by atoms with Gasteiger partial charge in [-0.05, 0) is 31.0 Å². The highest BCUT2D eigenvalue weighted by Crippen LogP contribution is 2.10. The number of hydrogen-bond donors (Lipinski definition) is 3. The smallest absolute Gasteiger partial charge is 0.234 e. The molecule has 0 saturated heterocycles. The van der Waals surface area contributed by atoms with Crippen LogP contribution in [0.5, 0.6) is 0 Å². The molecule has 0 radical (unpaired) electrons. The summed E-state index contributed by atoms with van der Waals surface area (Å²) in [6.07, 6.45) is 0.546. The number of hydrogen-bond acceptors (Lipinski definition) is 4. The maximum absolute atomic E-state index is 11.7. The Balaban J connectivity index is 2.18. The largest absolute Gasteiger partial charge is 0.396 e. The topological polar surface area (TPSA) is 78.4 Å². The van der Waals surface area contributed by atoms with Crippen molar-refractivity contribution in [3.8, 4) is 0 Å². The second-order valence-electron chi connectivity index (χ2n) is 4.34. The Labute approximate surface area is 123 Å². The molecular weight excluding hydrogens is 276 g/mol. The van der Waals surface area contributed by atoms with Crippen molar-refractivity contribution in [1.82, 2.24) is 5.32 Å². The number of benzene rings is 1. The highest BCUT2D eigenvalue weighted by molar-refractivity contribution is 8.00. The minimum absolute atomic E-state index is 0.0618. The lowest BCUT2D eigenvalue weighted by atomic mass is 10.2. The van der Waals surface area contributed by atoms with Crippen LogP contribution in [-0.2, 0) is 9.59 Å². The lowest BCUT2D eigenvalue weighted by Gasteiger charge is -2.06. The van der Waals surface area contributed by atoms with Gasteiger partial charge in [0.1, 0.15) is 0 Å². The summed E-state index contributed by atoms with van der Waals surface area (Å²) in [5.41, 5.74) is 1.85. The molecule has 0 unspecified atom stereocenters. The molecule has 1 rings (SSSR count). The van der Waals surface area contributed by atoms with E-state index in [0.717, 1.165) is 11.3 Å². The van der Waals surface area contributed by atoms with Crippen molar-refractivity contribution in [2.24, 2.45) is 0 Å². The van der Waals surface area contributed by atoms with Crippen molar-refractivity contribution in [1.29, 1.82) is 0 Å². The van der Waals surface area contributed by atoms with E-state index in [1.807, 2.05) is 31.2 Å². The first-order chi connectivity index (χ1) is 9.61. The van der Waals surface area contributed by atoms with Gasteiger partial charge in [-0.25, -0.2) is 0 Å². The van der Waals surface area contributed by atoms with E-state index in [4.69, 9.17) is 5.11 Å². The molecule has 0 aromatic heterocycles. The van der Waals surface area contributed by atoms with Crippen LogP contribution in [0.1, 0.15) is 12.0 Å². The predicted molar refractivity (Wildman–Crippen MR) is 81.8 cm³/mol. The first-order valence-corrected chi connectivity index (χ1v) is 7.59. The number of aliphatic hydroxyl groups excluding tert-OH is 1. The molecule has 0 atom stereocenters. The molecule has 1 aromatic carbocycles. The fourth-order valence-electron chi connectivity index (χ4n) is 1.51. The SMILES string of the molecule is Cc1cccc(NC(=O)CSCC(=O)NCCCO)c1. The van der Waals surface area contributed by atoms with Crippen molar-refractivity contribution < 1.29 is 14.7 Å². The van der Waals surface area contributed by atoms with Crippen molar-refractivity contribution in [3.63, 3.8) is 0 Å². The van der Waals surface area contributed by atoms with Crippen molar-refractivity contribution in [2.45, 2.75) is 13.3 Å². The number of nitrogens with one attached hydrogen (secondary N) is 2. The Morgan fingerprint density at radius 3 is 2.70 bits per heavy atom. The molecule has 0 bridgehead atoms. The Morgan fingerprint density at radius 1 is 1.25 bits per heavy atom. The summed E-state index contributed by atoms with van der Waals surface area (Å²) in [4.78, 5) is 23.0. The van der Waals surface area contributed by atoms with E-state index < -0.39 is 0 Å². The number of rotatable bonds is 8. The number of carbonyl (C=O) groups excluding carboxylic acids is 2. The zero-order chi connectivity index (χ0) is 14.8. The molecule has 1 aromatic rings. The third-order valence-corrected chi connectivity index (χ3v) is 3.36. The van der Waals surface area contributed by atoms with E-state index in [9.17, 15) is 9.59 Å². The average molecular weight is 296 g/mol. The third-order valence-electron chi connectivity index (χ3n) is 2.43. The molecule has 0 fully saturated rings. The maximum atomic E-state index is 11.7. The monoisotopic (exact) mass is 296 g/mol. The summed E-state index contributed by atoms with van der Waals surface area (Å²) in [6.45, 7) is 2.48. The van der Waals surface area contributed by atoms with Crippen LogP contribution in [0, 0.1) is 6.92 Å². The molecule has 20 heavy (non-hydrogen) atoms. The van der Waals surface area contributed by atoms with E-state index in [2.05, 4.69) is 10.6 Å². The summed E-state index contributed by atoms with van der Waals surface area (Å²) >= 11 is 1.26. The Bertz CT molecular complexity index is 452. The fraction of sp³-hybridized carbons (Fsp3) is 0.429. The van der Waals surface area contributed by atoms with Crippen LogP contribution < -0.4 is 10.6 Å². The third kappa shape index (κ3) is 7.16.